The Morgan fingerprint density at radius 1 is 1.06 bits per heavy atom. The van der Waals surface area contributed by atoms with E-state index in [1.54, 1.807) is 14.2 Å². The number of hydrogen-bond donors (Lipinski definition) is 1. The van der Waals surface area contributed by atoms with Crippen LogP contribution in [0.4, 0.5) is 4.79 Å². The van der Waals surface area contributed by atoms with Gasteiger partial charge in [0.2, 0.25) is 0 Å². The Morgan fingerprint density at radius 3 is 2.50 bits per heavy atom. The number of imide groups is 1. The standard InChI is InChI=1S/C26H32ClN3O4/c1-33-14-13-30-24(31)26(28-25(30)32,17-19-5-4-8-23(16-19)34-2)21-9-11-29(12-10-21)18-20-6-3-7-22(27)15-20/h3-8,15-16,21H,9-14,17-18H2,1-2H3,(H,28,32). The fourth-order valence-electron chi connectivity index (χ4n) is 5.15. The Hall–Kier alpha value is -2.61. The van der Waals surface area contributed by atoms with E-state index in [0.717, 1.165) is 48.8 Å². The summed E-state index contributed by atoms with van der Waals surface area (Å²) in [6.45, 7) is 3.06. The highest BCUT2D eigenvalue weighted by molar-refractivity contribution is 6.30. The SMILES string of the molecule is COCCN1C(=O)NC(Cc2cccc(OC)c2)(C2CCN(Cc3cccc(Cl)c3)CC2)C1=O. The van der Waals surface area contributed by atoms with Crippen molar-refractivity contribution in [3.63, 3.8) is 0 Å². The van der Waals surface area contributed by atoms with E-state index in [-0.39, 0.29) is 24.4 Å². The van der Waals surface area contributed by atoms with Crippen molar-refractivity contribution < 1.29 is 19.1 Å². The Balaban J connectivity index is 1.54. The minimum atomic E-state index is -0.973. The van der Waals surface area contributed by atoms with E-state index in [1.807, 2.05) is 42.5 Å². The van der Waals surface area contributed by atoms with E-state index in [9.17, 15) is 9.59 Å². The maximum atomic E-state index is 13.7. The first-order valence-corrected chi connectivity index (χ1v) is 12.1. The van der Waals surface area contributed by atoms with Crippen molar-refractivity contribution in [1.29, 1.82) is 0 Å². The molecule has 2 aromatic rings. The molecule has 4 rings (SSSR count). The lowest BCUT2D eigenvalue weighted by Crippen LogP contribution is -2.57. The molecule has 0 spiro atoms. The summed E-state index contributed by atoms with van der Waals surface area (Å²) in [6, 6.07) is 15.3. The van der Waals surface area contributed by atoms with E-state index in [0.29, 0.717) is 13.0 Å². The van der Waals surface area contributed by atoms with Gasteiger partial charge in [0.25, 0.3) is 5.91 Å². The van der Waals surface area contributed by atoms with Gasteiger partial charge in [-0.2, -0.15) is 0 Å². The molecular weight excluding hydrogens is 454 g/mol. The highest BCUT2D eigenvalue weighted by Gasteiger charge is 2.55. The average molecular weight is 486 g/mol. The molecule has 2 aromatic carbocycles. The summed E-state index contributed by atoms with van der Waals surface area (Å²) in [5.41, 5.74) is 1.16. The van der Waals surface area contributed by atoms with Gasteiger partial charge < -0.3 is 14.8 Å². The quantitative estimate of drug-likeness (QED) is 0.548. The van der Waals surface area contributed by atoms with Gasteiger partial charge in [-0.1, -0.05) is 35.9 Å². The van der Waals surface area contributed by atoms with Crippen LogP contribution in [-0.4, -0.2) is 67.7 Å². The third-order valence-corrected chi connectivity index (χ3v) is 7.15. The number of hydrogen-bond acceptors (Lipinski definition) is 5. The fraction of sp³-hybridized carbons (Fsp3) is 0.462. The highest BCUT2D eigenvalue weighted by atomic mass is 35.5. The van der Waals surface area contributed by atoms with Gasteiger partial charge in [0.15, 0.2) is 0 Å². The second-order valence-electron chi connectivity index (χ2n) is 9.06. The van der Waals surface area contributed by atoms with Crippen LogP contribution >= 0.6 is 11.6 Å². The maximum Gasteiger partial charge on any atom is 0.325 e. The Bertz CT molecular complexity index is 1020. The molecule has 3 amide bonds. The van der Waals surface area contributed by atoms with Gasteiger partial charge >= 0.3 is 6.03 Å². The van der Waals surface area contributed by atoms with Crippen LogP contribution in [0.3, 0.4) is 0 Å². The number of ether oxygens (including phenoxy) is 2. The summed E-state index contributed by atoms with van der Waals surface area (Å²) in [5.74, 6) is 0.598. The molecule has 7 nitrogen and oxygen atoms in total. The molecule has 0 aromatic heterocycles. The number of methoxy groups -OCH3 is 2. The minimum Gasteiger partial charge on any atom is -0.497 e. The fourth-order valence-corrected chi connectivity index (χ4v) is 5.37. The average Bonchev–Trinajstić information content (AvgIpc) is 3.07. The van der Waals surface area contributed by atoms with Crippen molar-refractivity contribution in [2.75, 3.05) is 40.5 Å². The van der Waals surface area contributed by atoms with Crippen LogP contribution in [0.25, 0.3) is 0 Å². The number of likely N-dealkylation sites (tertiary alicyclic amines) is 1. The second kappa shape index (κ2) is 10.8. The first-order chi connectivity index (χ1) is 16.4. The second-order valence-corrected chi connectivity index (χ2v) is 9.50. The molecule has 1 atom stereocenters. The number of nitrogens with one attached hydrogen (secondary N) is 1. The summed E-state index contributed by atoms with van der Waals surface area (Å²) in [4.78, 5) is 30.3. The van der Waals surface area contributed by atoms with E-state index in [4.69, 9.17) is 21.1 Å². The molecule has 1 N–H and O–H groups in total. The summed E-state index contributed by atoms with van der Waals surface area (Å²) in [5, 5.41) is 3.85. The van der Waals surface area contributed by atoms with Crippen molar-refractivity contribution in [2.45, 2.75) is 31.3 Å². The zero-order valence-electron chi connectivity index (χ0n) is 19.8. The van der Waals surface area contributed by atoms with Gasteiger partial charge in [0.05, 0.1) is 20.3 Å². The Morgan fingerprint density at radius 2 is 1.79 bits per heavy atom. The number of piperidine rings is 1. The van der Waals surface area contributed by atoms with Crippen LogP contribution in [0.5, 0.6) is 5.75 Å². The van der Waals surface area contributed by atoms with Crippen LogP contribution in [0.1, 0.15) is 24.0 Å². The topological polar surface area (TPSA) is 71.1 Å². The van der Waals surface area contributed by atoms with Gasteiger partial charge in [-0.3, -0.25) is 14.6 Å². The molecule has 8 heteroatoms. The molecule has 2 heterocycles. The first-order valence-electron chi connectivity index (χ1n) is 11.7. The van der Waals surface area contributed by atoms with E-state index < -0.39 is 5.54 Å². The van der Waals surface area contributed by atoms with Crippen LogP contribution in [0.15, 0.2) is 48.5 Å². The smallest absolute Gasteiger partial charge is 0.325 e. The van der Waals surface area contributed by atoms with E-state index in [1.165, 1.54) is 10.5 Å². The largest absolute Gasteiger partial charge is 0.497 e. The van der Waals surface area contributed by atoms with Crippen molar-refractivity contribution in [3.05, 3.63) is 64.7 Å². The normalized spacial score (nSPS) is 21.7. The molecule has 1 unspecified atom stereocenters. The van der Waals surface area contributed by atoms with Crippen molar-refractivity contribution in [2.24, 2.45) is 5.92 Å². The van der Waals surface area contributed by atoms with E-state index >= 15 is 0 Å². The lowest BCUT2D eigenvalue weighted by molar-refractivity contribution is -0.134. The lowest BCUT2D eigenvalue weighted by atomic mass is 9.74. The minimum absolute atomic E-state index is 0.0262. The molecule has 0 aliphatic carbocycles. The third-order valence-electron chi connectivity index (χ3n) is 6.92. The number of urea groups is 1. The van der Waals surface area contributed by atoms with Crippen molar-refractivity contribution >= 4 is 23.5 Å². The summed E-state index contributed by atoms with van der Waals surface area (Å²) in [6.07, 6.45) is 2.06. The van der Waals surface area contributed by atoms with Crippen LogP contribution in [0, 0.1) is 5.92 Å². The van der Waals surface area contributed by atoms with Gasteiger partial charge in [-0.15, -0.1) is 0 Å². The molecular formula is C26H32ClN3O4. The number of halogens is 1. The molecule has 0 saturated carbocycles. The third kappa shape index (κ3) is 5.22. The van der Waals surface area contributed by atoms with Crippen molar-refractivity contribution in [1.82, 2.24) is 15.1 Å². The summed E-state index contributed by atoms with van der Waals surface area (Å²) >= 11 is 6.15. The number of benzene rings is 2. The monoisotopic (exact) mass is 485 g/mol. The van der Waals surface area contributed by atoms with Gasteiger partial charge in [-0.05, 0) is 67.2 Å². The molecule has 2 fully saturated rings. The van der Waals surface area contributed by atoms with Crippen LogP contribution < -0.4 is 10.1 Å². The van der Waals surface area contributed by atoms with Gasteiger partial charge in [0.1, 0.15) is 11.3 Å². The van der Waals surface area contributed by atoms with Gasteiger partial charge in [0, 0.05) is 25.1 Å². The Labute approximate surface area is 206 Å². The zero-order valence-corrected chi connectivity index (χ0v) is 20.5. The number of rotatable bonds is 9. The van der Waals surface area contributed by atoms with E-state index in [2.05, 4.69) is 16.3 Å². The molecule has 2 saturated heterocycles. The number of amides is 3. The van der Waals surface area contributed by atoms with Crippen molar-refractivity contribution in [3.8, 4) is 5.75 Å². The highest BCUT2D eigenvalue weighted by Crippen LogP contribution is 2.37. The molecule has 0 bridgehead atoms. The summed E-state index contributed by atoms with van der Waals surface area (Å²) < 4.78 is 10.5. The molecule has 2 aliphatic heterocycles. The number of nitrogens with zero attached hydrogens (tertiary/aromatic N) is 2. The lowest BCUT2D eigenvalue weighted by Gasteiger charge is -2.41. The predicted octanol–water partition coefficient (Wildman–Crippen LogP) is 3.74. The summed E-state index contributed by atoms with van der Waals surface area (Å²) in [7, 11) is 3.19. The zero-order chi connectivity index (χ0) is 24.1. The van der Waals surface area contributed by atoms with Crippen LogP contribution in [-0.2, 0) is 22.5 Å². The predicted molar refractivity (Wildman–Crippen MR) is 131 cm³/mol. The number of carbonyl (C=O) groups is 2. The molecule has 34 heavy (non-hydrogen) atoms. The molecule has 0 radical (unpaired) electrons. The van der Waals surface area contributed by atoms with Gasteiger partial charge in [-0.25, -0.2) is 4.79 Å². The molecule has 182 valence electrons. The maximum absolute atomic E-state index is 13.7. The van der Waals surface area contributed by atoms with Crippen LogP contribution in [0.2, 0.25) is 5.02 Å². The first kappa shape index (κ1) is 24.5. The Kier molecular flexibility index (Phi) is 7.76. The number of carbonyl (C=O) groups excluding carboxylic acids is 2. The molecule has 2 aliphatic rings.